The number of likely N-dealkylation sites (N-methyl/N-ethyl adjacent to an activating group) is 1. The van der Waals surface area contributed by atoms with E-state index in [2.05, 4.69) is 55.5 Å². The van der Waals surface area contributed by atoms with E-state index in [0.717, 1.165) is 24.8 Å². The first-order chi connectivity index (χ1) is 9.65. The molecule has 1 N–H and O–H groups in total. The lowest BCUT2D eigenvalue weighted by atomic mass is 9.99. The fraction of sp³-hybridized carbons (Fsp3) is 0.647. The summed E-state index contributed by atoms with van der Waals surface area (Å²) >= 11 is 0. The molecule has 1 aromatic carbocycles. The quantitative estimate of drug-likeness (QED) is 0.823. The lowest BCUT2D eigenvalue weighted by Gasteiger charge is -2.21. The minimum Gasteiger partial charge on any atom is -0.492 e. The third-order valence-corrected chi connectivity index (χ3v) is 4.16. The molecule has 0 amide bonds. The van der Waals surface area contributed by atoms with Gasteiger partial charge in [-0.15, -0.1) is 0 Å². The molecule has 2 rings (SSSR count). The van der Waals surface area contributed by atoms with Gasteiger partial charge in [0.05, 0.1) is 0 Å². The molecule has 1 saturated carbocycles. The molecule has 1 aromatic rings. The van der Waals surface area contributed by atoms with Gasteiger partial charge in [-0.1, -0.05) is 12.8 Å². The number of nitrogens with zero attached hydrogens (tertiary/aromatic N) is 1. The van der Waals surface area contributed by atoms with Gasteiger partial charge in [0.2, 0.25) is 0 Å². The summed E-state index contributed by atoms with van der Waals surface area (Å²) in [4.78, 5) is 2.12. The minimum atomic E-state index is 0.568. The van der Waals surface area contributed by atoms with Crippen LogP contribution in [0.2, 0.25) is 0 Å². The standard InChI is InChI=1S/C17H28N2O/c1-14(15-6-4-5-7-15)18-16-8-10-17(11-9-16)20-13-12-19(2)3/h8-11,14-15,18H,4-7,12-13H2,1-3H3. The van der Waals surface area contributed by atoms with Crippen molar-refractivity contribution in [2.24, 2.45) is 5.92 Å². The Balaban J connectivity index is 1.78. The maximum atomic E-state index is 5.71. The molecule has 3 heteroatoms. The van der Waals surface area contributed by atoms with Crippen LogP contribution in [-0.4, -0.2) is 38.2 Å². The zero-order valence-electron chi connectivity index (χ0n) is 13.1. The largest absolute Gasteiger partial charge is 0.492 e. The normalized spacial score (nSPS) is 17.4. The van der Waals surface area contributed by atoms with Crippen molar-refractivity contribution in [2.45, 2.75) is 38.6 Å². The van der Waals surface area contributed by atoms with E-state index in [4.69, 9.17) is 4.74 Å². The van der Waals surface area contributed by atoms with E-state index in [1.165, 1.54) is 31.4 Å². The van der Waals surface area contributed by atoms with Crippen molar-refractivity contribution in [3.63, 3.8) is 0 Å². The molecular weight excluding hydrogens is 248 g/mol. The summed E-state index contributed by atoms with van der Waals surface area (Å²) in [7, 11) is 4.11. The third kappa shape index (κ3) is 4.71. The lowest BCUT2D eigenvalue weighted by Crippen LogP contribution is -2.23. The van der Waals surface area contributed by atoms with Crippen LogP contribution in [0.15, 0.2) is 24.3 Å². The smallest absolute Gasteiger partial charge is 0.119 e. The number of hydrogen-bond acceptors (Lipinski definition) is 3. The second-order valence-electron chi connectivity index (χ2n) is 6.15. The number of benzene rings is 1. The van der Waals surface area contributed by atoms with Gasteiger partial charge in [-0.2, -0.15) is 0 Å². The van der Waals surface area contributed by atoms with E-state index in [-0.39, 0.29) is 0 Å². The molecule has 112 valence electrons. The molecule has 1 aliphatic rings. The van der Waals surface area contributed by atoms with Crippen molar-refractivity contribution < 1.29 is 4.74 Å². The van der Waals surface area contributed by atoms with Crippen molar-refractivity contribution in [3.8, 4) is 5.75 Å². The highest BCUT2D eigenvalue weighted by Gasteiger charge is 2.21. The van der Waals surface area contributed by atoms with Crippen LogP contribution in [0.4, 0.5) is 5.69 Å². The number of nitrogens with one attached hydrogen (secondary N) is 1. The monoisotopic (exact) mass is 276 g/mol. The molecule has 1 atom stereocenters. The van der Waals surface area contributed by atoms with Gasteiger partial charge in [0.25, 0.3) is 0 Å². The molecule has 0 saturated heterocycles. The average Bonchev–Trinajstić information content (AvgIpc) is 2.94. The molecule has 1 unspecified atom stereocenters. The Kier molecular flexibility index (Phi) is 5.72. The van der Waals surface area contributed by atoms with E-state index >= 15 is 0 Å². The van der Waals surface area contributed by atoms with Crippen LogP contribution in [0.3, 0.4) is 0 Å². The summed E-state index contributed by atoms with van der Waals surface area (Å²) in [5.41, 5.74) is 1.20. The van der Waals surface area contributed by atoms with Crippen LogP contribution >= 0.6 is 0 Å². The Bertz CT molecular complexity index is 382. The zero-order valence-corrected chi connectivity index (χ0v) is 13.1. The molecule has 1 aliphatic carbocycles. The third-order valence-electron chi connectivity index (χ3n) is 4.16. The highest BCUT2D eigenvalue weighted by molar-refractivity contribution is 5.47. The molecule has 20 heavy (non-hydrogen) atoms. The first-order valence-corrected chi connectivity index (χ1v) is 7.79. The topological polar surface area (TPSA) is 24.5 Å². The highest BCUT2D eigenvalue weighted by atomic mass is 16.5. The van der Waals surface area contributed by atoms with E-state index in [0.29, 0.717) is 6.04 Å². The molecule has 0 aromatic heterocycles. The van der Waals surface area contributed by atoms with Gasteiger partial charge < -0.3 is 15.0 Å². The Morgan fingerprint density at radius 1 is 1.20 bits per heavy atom. The highest BCUT2D eigenvalue weighted by Crippen LogP contribution is 2.29. The second kappa shape index (κ2) is 7.53. The number of rotatable bonds is 7. The molecule has 3 nitrogen and oxygen atoms in total. The second-order valence-corrected chi connectivity index (χ2v) is 6.15. The maximum absolute atomic E-state index is 5.71. The van der Waals surface area contributed by atoms with E-state index in [1.807, 2.05) is 0 Å². The minimum absolute atomic E-state index is 0.568. The number of anilines is 1. The predicted molar refractivity (Wildman–Crippen MR) is 85.5 cm³/mol. The van der Waals surface area contributed by atoms with Crippen molar-refractivity contribution in [3.05, 3.63) is 24.3 Å². The SMILES string of the molecule is CC(Nc1ccc(OCCN(C)C)cc1)C1CCCC1. The van der Waals surface area contributed by atoms with Crippen LogP contribution in [0, 0.1) is 5.92 Å². The van der Waals surface area contributed by atoms with Gasteiger partial charge in [0.15, 0.2) is 0 Å². The lowest BCUT2D eigenvalue weighted by molar-refractivity contribution is 0.261. The van der Waals surface area contributed by atoms with Crippen molar-refractivity contribution in [1.82, 2.24) is 4.90 Å². The number of ether oxygens (including phenoxy) is 1. The van der Waals surface area contributed by atoms with Crippen LogP contribution in [0.5, 0.6) is 5.75 Å². The molecule has 0 bridgehead atoms. The Morgan fingerprint density at radius 2 is 1.85 bits per heavy atom. The van der Waals surface area contributed by atoms with Gasteiger partial charge in [-0.05, 0) is 64.0 Å². The molecule has 0 radical (unpaired) electrons. The van der Waals surface area contributed by atoms with Gasteiger partial charge >= 0.3 is 0 Å². The molecule has 0 aliphatic heterocycles. The predicted octanol–water partition coefficient (Wildman–Crippen LogP) is 3.62. The van der Waals surface area contributed by atoms with Crippen molar-refractivity contribution >= 4 is 5.69 Å². The van der Waals surface area contributed by atoms with Gasteiger partial charge in [-0.3, -0.25) is 0 Å². The Labute approximate surface area is 123 Å². The fourth-order valence-corrected chi connectivity index (χ4v) is 2.83. The molecule has 1 fully saturated rings. The van der Waals surface area contributed by atoms with E-state index in [1.54, 1.807) is 0 Å². The Morgan fingerprint density at radius 3 is 2.45 bits per heavy atom. The van der Waals surface area contributed by atoms with Gasteiger partial charge in [0.1, 0.15) is 12.4 Å². The maximum Gasteiger partial charge on any atom is 0.119 e. The summed E-state index contributed by atoms with van der Waals surface area (Å²) in [5, 5.41) is 3.62. The summed E-state index contributed by atoms with van der Waals surface area (Å²) in [6.07, 6.45) is 5.55. The first-order valence-electron chi connectivity index (χ1n) is 7.79. The molecule has 0 spiro atoms. The fourth-order valence-electron chi connectivity index (χ4n) is 2.83. The summed E-state index contributed by atoms with van der Waals surface area (Å²) in [5.74, 6) is 1.79. The molecule has 0 heterocycles. The van der Waals surface area contributed by atoms with Crippen molar-refractivity contribution in [1.29, 1.82) is 0 Å². The van der Waals surface area contributed by atoms with Crippen molar-refractivity contribution in [2.75, 3.05) is 32.6 Å². The number of hydrogen-bond donors (Lipinski definition) is 1. The van der Waals surface area contributed by atoms with Gasteiger partial charge in [-0.25, -0.2) is 0 Å². The van der Waals surface area contributed by atoms with E-state index < -0.39 is 0 Å². The van der Waals surface area contributed by atoms with Crippen LogP contribution in [0.25, 0.3) is 0 Å². The van der Waals surface area contributed by atoms with Crippen LogP contribution < -0.4 is 10.1 Å². The Hall–Kier alpha value is -1.22. The first kappa shape index (κ1) is 15.2. The average molecular weight is 276 g/mol. The zero-order chi connectivity index (χ0) is 14.4. The van der Waals surface area contributed by atoms with Crippen LogP contribution in [0.1, 0.15) is 32.6 Å². The summed E-state index contributed by atoms with van der Waals surface area (Å²) in [6, 6.07) is 8.92. The van der Waals surface area contributed by atoms with Crippen LogP contribution in [-0.2, 0) is 0 Å². The summed E-state index contributed by atoms with van der Waals surface area (Å²) in [6.45, 7) is 3.98. The summed E-state index contributed by atoms with van der Waals surface area (Å²) < 4.78 is 5.71. The van der Waals surface area contributed by atoms with E-state index in [9.17, 15) is 0 Å². The molecular formula is C17H28N2O. The van der Waals surface area contributed by atoms with Gasteiger partial charge in [0, 0.05) is 18.3 Å².